The van der Waals surface area contributed by atoms with E-state index in [1.165, 1.54) is 0 Å². The Morgan fingerprint density at radius 2 is 1.81 bits per heavy atom. The van der Waals surface area contributed by atoms with Crippen molar-refractivity contribution in [3.05, 3.63) is 60.2 Å². The summed E-state index contributed by atoms with van der Waals surface area (Å²) in [6, 6.07) is 19.2. The zero-order chi connectivity index (χ0) is 14.9. The molecular weight excluding hydrogens is 264 g/mol. The third-order valence-corrected chi connectivity index (χ3v) is 2.98. The van der Waals surface area contributed by atoms with Crippen LogP contribution in [0, 0.1) is 11.3 Å². The molecular formula is C17H18N2O2. The Labute approximate surface area is 124 Å². The first-order chi connectivity index (χ1) is 10.3. The summed E-state index contributed by atoms with van der Waals surface area (Å²) < 4.78 is 10.7. The normalized spacial score (nSPS) is 11.4. The molecule has 0 spiro atoms. The van der Waals surface area contributed by atoms with Gasteiger partial charge in [-0.1, -0.05) is 30.3 Å². The van der Waals surface area contributed by atoms with E-state index in [0.717, 1.165) is 17.0 Å². The molecule has 0 heterocycles. The van der Waals surface area contributed by atoms with Gasteiger partial charge in [-0.05, 0) is 29.8 Å². The molecule has 0 aliphatic carbocycles. The molecule has 2 aromatic carbocycles. The van der Waals surface area contributed by atoms with Crippen molar-refractivity contribution in [2.24, 2.45) is 0 Å². The van der Waals surface area contributed by atoms with E-state index in [-0.39, 0.29) is 6.04 Å². The number of methoxy groups -OCH3 is 1. The van der Waals surface area contributed by atoms with Gasteiger partial charge in [0.05, 0.1) is 26.4 Å². The molecule has 0 aliphatic rings. The van der Waals surface area contributed by atoms with Crippen LogP contribution in [0.3, 0.4) is 0 Å². The number of hydrogen-bond donors (Lipinski definition) is 1. The van der Waals surface area contributed by atoms with Crippen LogP contribution in [0.1, 0.15) is 5.56 Å². The molecule has 0 saturated carbocycles. The van der Waals surface area contributed by atoms with Gasteiger partial charge in [-0.25, -0.2) is 0 Å². The lowest BCUT2D eigenvalue weighted by atomic mass is 10.2. The quantitative estimate of drug-likeness (QED) is 0.847. The highest BCUT2D eigenvalue weighted by atomic mass is 16.5. The van der Waals surface area contributed by atoms with Crippen molar-refractivity contribution in [3.8, 4) is 11.8 Å². The molecule has 4 heteroatoms. The van der Waals surface area contributed by atoms with Gasteiger partial charge >= 0.3 is 0 Å². The first-order valence-electron chi connectivity index (χ1n) is 6.73. The standard InChI is InChI=1S/C17H18N2O2/c1-20-17-9-7-15(8-10-17)19-16(11-18)13-21-12-14-5-3-2-4-6-14/h2-10,16,19H,12-13H2,1H3. The van der Waals surface area contributed by atoms with Crippen LogP contribution in [0.15, 0.2) is 54.6 Å². The van der Waals surface area contributed by atoms with Crippen molar-refractivity contribution >= 4 is 5.69 Å². The van der Waals surface area contributed by atoms with Crippen molar-refractivity contribution in [1.29, 1.82) is 5.26 Å². The summed E-state index contributed by atoms with van der Waals surface area (Å²) in [5.41, 5.74) is 1.96. The van der Waals surface area contributed by atoms with Gasteiger partial charge in [0.15, 0.2) is 0 Å². The summed E-state index contributed by atoms with van der Waals surface area (Å²) in [5, 5.41) is 12.3. The molecule has 0 aliphatic heterocycles. The summed E-state index contributed by atoms with van der Waals surface area (Å²) in [5.74, 6) is 0.786. The van der Waals surface area contributed by atoms with E-state index in [1.54, 1.807) is 7.11 Å². The highest BCUT2D eigenvalue weighted by Gasteiger charge is 2.07. The molecule has 0 fully saturated rings. The molecule has 0 amide bonds. The molecule has 2 aromatic rings. The van der Waals surface area contributed by atoms with E-state index in [1.807, 2.05) is 54.6 Å². The van der Waals surface area contributed by atoms with Crippen LogP contribution in [0.25, 0.3) is 0 Å². The maximum absolute atomic E-state index is 9.17. The van der Waals surface area contributed by atoms with Crippen LogP contribution in [0.2, 0.25) is 0 Å². The van der Waals surface area contributed by atoms with Crippen molar-refractivity contribution in [1.82, 2.24) is 0 Å². The van der Waals surface area contributed by atoms with Gasteiger partial charge in [-0.2, -0.15) is 5.26 Å². The van der Waals surface area contributed by atoms with E-state index in [0.29, 0.717) is 13.2 Å². The zero-order valence-electron chi connectivity index (χ0n) is 12.0. The van der Waals surface area contributed by atoms with Gasteiger partial charge in [0.2, 0.25) is 0 Å². The molecule has 21 heavy (non-hydrogen) atoms. The lowest BCUT2D eigenvalue weighted by Crippen LogP contribution is -2.23. The second-order valence-electron chi connectivity index (χ2n) is 4.56. The van der Waals surface area contributed by atoms with Gasteiger partial charge in [-0.15, -0.1) is 0 Å². The number of ether oxygens (including phenoxy) is 2. The molecule has 2 rings (SSSR count). The maximum atomic E-state index is 9.17. The molecule has 0 bridgehead atoms. The van der Waals surface area contributed by atoms with Gasteiger partial charge in [-0.3, -0.25) is 0 Å². The highest BCUT2D eigenvalue weighted by Crippen LogP contribution is 2.15. The lowest BCUT2D eigenvalue weighted by molar-refractivity contribution is 0.121. The number of nitrogens with one attached hydrogen (secondary N) is 1. The number of hydrogen-bond acceptors (Lipinski definition) is 4. The Kier molecular flexibility index (Phi) is 5.62. The Bertz CT molecular complexity index is 576. The minimum absolute atomic E-state index is 0.331. The van der Waals surface area contributed by atoms with E-state index in [4.69, 9.17) is 14.7 Å². The first-order valence-corrected chi connectivity index (χ1v) is 6.73. The number of nitrogens with zero attached hydrogens (tertiary/aromatic N) is 1. The monoisotopic (exact) mass is 282 g/mol. The third kappa shape index (κ3) is 4.83. The van der Waals surface area contributed by atoms with Gasteiger partial charge in [0.1, 0.15) is 11.8 Å². The smallest absolute Gasteiger partial charge is 0.138 e. The van der Waals surface area contributed by atoms with Crippen molar-refractivity contribution in [3.63, 3.8) is 0 Å². The number of anilines is 1. The van der Waals surface area contributed by atoms with Crippen LogP contribution in [0.5, 0.6) is 5.75 Å². The topological polar surface area (TPSA) is 54.3 Å². The van der Waals surface area contributed by atoms with Gasteiger partial charge in [0, 0.05) is 5.69 Å². The number of nitriles is 1. The Morgan fingerprint density at radius 1 is 1.10 bits per heavy atom. The van der Waals surface area contributed by atoms with E-state index in [9.17, 15) is 0 Å². The maximum Gasteiger partial charge on any atom is 0.138 e. The Morgan fingerprint density at radius 3 is 2.43 bits per heavy atom. The summed E-state index contributed by atoms with van der Waals surface area (Å²) in [6.07, 6.45) is 0. The van der Waals surface area contributed by atoms with Crippen molar-refractivity contribution < 1.29 is 9.47 Å². The molecule has 1 unspecified atom stereocenters. The molecule has 108 valence electrons. The van der Waals surface area contributed by atoms with Crippen LogP contribution >= 0.6 is 0 Å². The molecule has 1 N–H and O–H groups in total. The predicted molar refractivity (Wildman–Crippen MR) is 82.1 cm³/mol. The average molecular weight is 282 g/mol. The number of rotatable bonds is 7. The predicted octanol–water partition coefficient (Wildman–Crippen LogP) is 3.22. The van der Waals surface area contributed by atoms with Crippen LogP contribution in [-0.2, 0) is 11.3 Å². The lowest BCUT2D eigenvalue weighted by Gasteiger charge is -2.13. The van der Waals surface area contributed by atoms with E-state index >= 15 is 0 Å². The highest BCUT2D eigenvalue weighted by molar-refractivity contribution is 5.48. The fraction of sp³-hybridized carbons (Fsp3) is 0.235. The number of benzene rings is 2. The average Bonchev–Trinajstić information content (AvgIpc) is 2.55. The Hall–Kier alpha value is -2.51. The second-order valence-corrected chi connectivity index (χ2v) is 4.56. The van der Waals surface area contributed by atoms with Crippen LogP contribution in [0.4, 0.5) is 5.69 Å². The summed E-state index contributed by atoms with van der Waals surface area (Å²) >= 11 is 0. The molecule has 0 saturated heterocycles. The van der Waals surface area contributed by atoms with Crippen LogP contribution < -0.4 is 10.1 Å². The van der Waals surface area contributed by atoms with Crippen molar-refractivity contribution in [2.75, 3.05) is 19.0 Å². The first kappa shape index (κ1) is 14.9. The summed E-state index contributed by atoms with van der Waals surface area (Å²) in [7, 11) is 1.62. The fourth-order valence-corrected chi connectivity index (χ4v) is 1.87. The zero-order valence-corrected chi connectivity index (χ0v) is 12.0. The fourth-order valence-electron chi connectivity index (χ4n) is 1.87. The Balaban J connectivity index is 1.81. The van der Waals surface area contributed by atoms with Crippen molar-refractivity contribution in [2.45, 2.75) is 12.6 Å². The molecule has 4 nitrogen and oxygen atoms in total. The second kappa shape index (κ2) is 7.93. The molecule has 0 aromatic heterocycles. The van der Waals surface area contributed by atoms with E-state index < -0.39 is 0 Å². The minimum atomic E-state index is -0.387. The third-order valence-electron chi connectivity index (χ3n) is 2.98. The summed E-state index contributed by atoms with van der Waals surface area (Å²) in [6.45, 7) is 0.834. The largest absolute Gasteiger partial charge is 0.497 e. The molecule has 1 atom stereocenters. The minimum Gasteiger partial charge on any atom is -0.497 e. The molecule has 0 radical (unpaired) electrons. The van der Waals surface area contributed by atoms with Gasteiger partial charge in [0.25, 0.3) is 0 Å². The van der Waals surface area contributed by atoms with E-state index in [2.05, 4.69) is 11.4 Å². The van der Waals surface area contributed by atoms with Crippen LogP contribution in [-0.4, -0.2) is 19.8 Å². The summed E-state index contributed by atoms with van der Waals surface area (Å²) in [4.78, 5) is 0. The SMILES string of the molecule is COc1ccc(NC(C#N)COCc2ccccc2)cc1. The van der Waals surface area contributed by atoms with Gasteiger partial charge < -0.3 is 14.8 Å².